The number of amides is 2. The number of ether oxygens (including phenoxy) is 1. The van der Waals surface area contributed by atoms with Crippen molar-refractivity contribution in [3.63, 3.8) is 0 Å². The molecule has 1 aliphatic heterocycles. The number of likely N-dealkylation sites (N-methyl/N-ethyl adjacent to an activating group) is 1. The second kappa shape index (κ2) is 10.2. The van der Waals surface area contributed by atoms with Crippen molar-refractivity contribution in [1.29, 1.82) is 0 Å². The van der Waals surface area contributed by atoms with E-state index in [1.807, 2.05) is 14.0 Å². The predicted octanol–water partition coefficient (Wildman–Crippen LogP) is 3.28. The van der Waals surface area contributed by atoms with Gasteiger partial charge in [-0.05, 0) is 38.2 Å². The van der Waals surface area contributed by atoms with Crippen LogP contribution in [-0.2, 0) is 9.59 Å². The topological polar surface area (TPSA) is 99.7 Å². The van der Waals surface area contributed by atoms with E-state index >= 15 is 0 Å². The first kappa shape index (κ1) is 23.7. The van der Waals surface area contributed by atoms with Crippen LogP contribution in [0.4, 0.5) is 21.6 Å². The molecule has 1 fully saturated rings. The van der Waals surface area contributed by atoms with Gasteiger partial charge in [0.1, 0.15) is 23.7 Å². The first-order valence-electron chi connectivity index (χ1n) is 10.8. The highest BCUT2D eigenvalue weighted by atomic mass is 35.5. The minimum Gasteiger partial charge on any atom is -0.492 e. The molecule has 2 aromatic carbocycles. The van der Waals surface area contributed by atoms with Gasteiger partial charge in [-0.2, -0.15) is 0 Å². The highest BCUT2D eigenvalue weighted by molar-refractivity contribution is 6.39. The lowest BCUT2D eigenvalue weighted by atomic mass is 10.1. The summed E-state index contributed by atoms with van der Waals surface area (Å²) in [5.74, 6) is -1.09. The first-order valence-corrected chi connectivity index (χ1v) is 11.2. The Kier molecular flexibility index (Phi) is 7.09. The summed E-state index contributed by atoms with van der Waals surface area (Å²) in [4.78, 5) is 37.6. The Bertz CT molecular complexity index is 1230. The average molecular weight is 487 g/mol. The molecule has 2 N–H and O–H groups in total. The molecule has 0 spiro atoms. The molecular weight excluding hydrogens is 463 g/mol. The second-order valence-corrected chi connectivity index (χ2v) is 8.23. The zero-order valence-corrected chi connectivity index (χ0v) is 19.5. The van der Waals surface area contributed by atoms with Gasteiger partial charge in [-0.1, -0.05) is 11.6 Å². The van der Waals surface area contributed by atoms with Crippen LogP contribution in [-0.4, -0.2) is 71.4 Å². The molecule has 0 bridgehead atoms. The van der Waals surface area contributed by atoms with Gasteiger partial charge in [0.2, 0.25) is 0 Å². The molecule has 4 rings (SSSR count). The normalized spacial score (nSPS) is 14.2. The number of hydrogen-bond donors (Lipinski definition) is 2. The molecule has 0 atom stereocenters. The maximum absolute atomic E-state index is 13.5. The number of hydrogen-bond acceptors (Lipinski definition) is 7. The molecule has 11 heteroatoms. The SMILES string of the molecule is CCOc1cc2ncnc(Nc3ccc(F)c(Cl)c3)c2cc1NC(=O)C(=O)N1CCN(C)CC1. The smallest absolute Gasteiger partial charge is 0.314 e. The Labute approximate surface area is 200 Å². The van der Waals surface area contributed by atoms with Crippen molar-refractivity contribution in [2.45, 2.75) is 6.92 Å². The standard InChI is InChI=1S/C23H24ClFN6O3/c1-3-34-20-12-18-15(21(27-13-26-18)28-14-4-5-17(25)16(24)10-14)11-19(20)29-22(32)23(33)31-8-6-30(2)7-9-31/h4-5,10-13H,3,6-9H2,1-2H3,(H,29,32)(H,26,27,28). The molecule has 2 amide bonds. The van der Waals surface area contributed by atoms with Crippen LogP contribution in [0.1, 0.15) is 6.92 Å². The molecular formula is C23H24ClFN6O3. The van der Waals surface area contributed by atoms with Gasteiger partial charge in [0.05, 0.1) is 22.8 Å². The van der Waals surface area contributed by atoms with Crippen molar-refractivity contribution < 1.29 is 18.7 Å². The zero-order chi connectivity index (χ0) is 24.2. The van der Waals surface area contributed by atoms with Crippen LogP contribution in [0.2, 0.25) is 5.02 Å². The number of carbonyl (C=O) groups is 2. The van der Waals surface area contributed by atoms with Crippen LogP contribution in [0.5, 0.6) is 5.75 Å². The number of aromatic nitrogens is 2. The highest BCUT2D eigenvalue weighted by Gasteiger charge is 2.26. The molecule has 1 aliphatic rings. The van der Waals surface area contributed by atoms with Gasteiger partial charge in [-0.15, -0.1) is 0 Å². The molecule has 0 unspecified atom stereocenters. The molecule has 1 saturated heterocycles. The molecule has 2 heterocycles. The lowest BCUT2D eigenvalue weighted by molar-refractivity contribution is -0.144. The third kappa shape index (κ3) is 5.18. The maximum atomic E-state index is 13.5. The summed E-state index contributed by atoms with van der Waals surface area (Å²) in [7, 11) is 1.97. The minimum atomic E-state index is -0.749. The van der Waals surface area contributed by atoms with Crippen LogP contribution in [0.25, 0.3) is 10.9 Å². The Morgan fingerprint density at radius 2 is 1.91 bits per heavy atom. The molecule has 0 aliphatic carbocycles. The fourth-order valence-corrected chi connectivity index (χ4v) is 3.78. The maximum Gasteiger partial charge on any atom is 0.314 e. The van der Waals surface area contributed by atoms with Crippen molar-refractivity contribution >= 4 is 51.5 Å². The number of halogens is 2. The van der Waals surface area contributed by atoms with Gasteiger partial charge in [0.25, 0.3) is 0 Å². The predicted molar refractivity (Wildman–Crippen MR) is 128 cm³/mol. The molecule has 3 aromatic rings. The Balaban J connectivity index is 1.64. The van der Waals surface area contributed by atoms with E-state index in [1.54, 1.807) is 12.1 Å². The van der Waals surface area contributed by atoms with Crippen molar-refractivity contribution in [1.82, 2.24) is 19.8 Å². The molecule has 0 radical (unpaired) electrons. The fourth-order valence-electron chi connectivity index (χ4n) is 3.60. The van der Waals surface area contributed by atoms with Gasteiger partial charge in [0, 0.05) is 43.3 Å². The van der Waals surface area contributed by atoms with Crippen molar-refractivity contribution in [2.24, 2.45) is 0 Å². The van der Waals surface area contributed by atoms with Crippen LogP contribution < -0.4 is 15.4 Å². The Morgan fingerprint density at radius 3 is 2.62 bits per heavy atom. The van der Waals surface area contributed by atoms with E-state index in [2.05, 4.69) is 25.5 Å². The van der Waals surface area contributed by atoms with E-state index < -0.39 is 17.6 Å². The molecule has 34 heavy (non-hydrogen) atoms. The van der Waals surface area contributed by atoms with E-state index in [9.17, 15) is 14.0 Å². The number of piperazine rings is 1. The third-order valence-corrected chi connectivity index (χ3v) is 5.74. The zero-order valence-electron chi connectivity index (χ0n) is 18.8. The lowest BCUT2D eigenvalue weighted by Gasteiger charge is -2.31. The van der Waals surface area contributed by atoms with Gasteiger partial charge in [0.15, 0.2) is 0 Å². The number of anilines is 3. The summed E-state index contributed by atoms with van der Waals surface area (Å²) in [6, 6.07) is 7.52. The number of rotatable bonds is 5. The number of fused-ring (bicyclic) bond motifs is 1. The number of benzene rings is 2. The van der Waals surface area contributed by atoms with Crippen molar-refractivity contribution in [3.8, 4) is 5.75 Å². The fraction of sp³-hybridized carbons (Fsp3) is 0.304. The van der Waals surface area contributed by atoms with Crippen molar-refractivity contribution in [2.75, 3.05) is 50.5 Å². The molecule has 0 saturated carbocycles. The number of carbonyl (C=O) groups excluding carboxylic acids is 2. The van der Waals surface area contributed by atoms with Crippen LogP contribution >= 0.6 is 11.6 Å². The summed E-state index contributed by atoms with van der Waals surface area (Å²) >= 11 is 5.89. The highest BCUT2D eigenvalue weighted by Crippen LogP contribution is 2.34. The Hall–Kier alpha value is -3.50. The van der Waals surface area contributed by atoms with Gasteiger partial charge < -0.3 is 25.2 Å². The van der Waals surface area contributed by atoms with E-state index in [0.717, 1.165) is 0 Å². The molecule has 9 nitrogen and oxygen atoms in total. The number of nitrogens with zero attached hydrogens (tertiary/aromatic N) is 4. The summed E-state index contributed by atoms with van der Waals surface area (Å²) in [6.45, 7) is 4.56. The van der Waals surface area contributed by atoms with Gasteiger partial charge >= 0.3 is 11.8 Å². The van der Waals surface area contributed by atoms with Crippen molar-refractivity contribution in [3.05, 3.63) is 47.5 Å². The summed E-state index contributed by atoms with van der Waals surface area (Å²) < 4.78 is 19.2. The van der Waals surface area contributed by atoms with Gasteiger partial charge in [-0.3, -0.25) is 9.59 Å². The number of nitrogens with one attached hydrogen (secondary N) is 2. The molecule has 1 aromatic heterocycles. The first-order chi connectivity index (χ1) is 16.4. The summed E-state index contributed by atoms with van der Waals surface area (Å²) in [6.07, 6.45) is 1.38. The largest absolute Gasteiger partial charge is 0.492 e. The van der Waals surface area contributed by atoms with Crippen LogP contribution in [0.3, 0.4) is 0 Å². The van der Waals surface area contributed by atoms with E-state index in [1.165, 1.54) is 29.4 Å². The monoisotopic (exact) mass is 486 g/mol. The van der Waals surface area contributed by atoms with Crippen LogP contribution in [0.15, 0.2) is 36.7 Å². The minimum absolute atomic E-state index is 0.0302. The Morgan fingerprint density at radius 1 is 1.15 bits per heavy atom. The summed E-state index contributed by atoms with van der Waals surface area (Å²) in [5, 5.41) is 6.30. The summed E-state index contributed by atoms with van der Waals surface area (Å²) in [5.41, 5.74) is 1.39. The quantitative estimate of drug-likeness (QED) is 0.534. The van der Waals surface area contributed by atoms with Gasteiger partial charge in [-0.25, -0.2) is 14.4 Å². The lowest BCUT2D eigenvalue weighted by Crippen LogP contribution is -2.50. The average Bonchev–Trinajstić information content (AvgIpc) is 2.82. The van der Waals surface area contributed by atoms with Crippen LogP contribution in [0, 0.1) is 5.82 Å². The van der Waals surface area contributed by atoms with E-state index in [4.69, 9.17) is 16.3 Å². The third-order valence-electron chi connectivity index (χ3n) is 5.45. The van der Waals surface area contributed by atoms with E-state index in [0.29, 0.717) is 66.6 Å². The molecule has 178 valence electrons. The van der Waals surface area contributed by atoms with E-state index in [-0.39, 0.29) is 5.02 Å². The second-order valence-electron chi connectivity index (χ2n) is 7.82.